The molecule has 1 aromatic heterocycles. The molecule has 1 aliphatic heterocycles. The summed E-state index contributed by atoms with van der Waals surface area (Å²) in [6.45, 7) is 11.4. The largest absolute Gasteiger partial charge is 0.490 e. The lowest BCUT2D eigenvalue weighted by Gasteiger charge is -2.25. The number of para-hydroxylation sites is 1. The van der Waals surface area contributed by atoms with Crippen molar-refractivity contribution in [1.29, 1.82) is 0 Å². The first-order chi connectivity index (χ1) is 24.1. The smallest absolute Gasteiger partial charge is 0.271 e. The molecule has 4 aromatic carbocycles. The Kier molecular flexibility index (Phi) is 10.3. The first-order valence-corrected chi connectivity index (χ1v) is 17.5. The molecule has 0 radical (unpaired) electrons. The summed E-state index contributed by atoms with van der Waals surface area (Å²) >= 11 is 1.29. The number of nitrogens with zero attached hydrogens (tertiary/aromatic N) is 2. The predicted molar refractivity (Wildman–Crippen MR) is 199 cm³/mol. The summed E-state index contributed by atoms with van der Waals surface area (Å²) in [5.41, 5.74) is 4.34. The monoisotopic (exact) mass is 687 g/mol. The number of anilines is 1. The molecule has 0 unspecified atom stereocenters. The standard InChI is InChI=1S/C41H41N3O5S/c1-6-47-34-25-28(17-22-33(34)49-24-23-48-32-20-18-30(19-21-32)41(3,4)5)26-35-39(46)44-37(29-13-9-7-10-14-29)36(27(2)42-40(44)50-35)38(45)43-31-15-11-8-12-16-31/h7-22,25-26,37H,6,23-24H2,1-5H3,(H,43,45)/b35-26-/t37-/m1/s1. The zero-order valence-corrected chi connectivity index (χ0v) is 29.8. The number of hydrogen-bond acceptors (Lipinski definition) is 7. The van der Waals surface area contributed by atoms with Crippen molar-refractivity contribution in [3.8, 4) is 17.2 Å². The molecule has 1 aliphatic rings. The third-order valence-corrected chi connectivity index (χ3v) is 9.29. The molecule has 0 spiro atoms. The summed E-state index contributed by atoms with van der Waals surface area (Å²) in [5.74, 6) is 1.64. The van der Waals surface area contributed by atoms with E-state index in [1.54, 1.807) is 4.57 Å². The van der Waals surface area contributed by atoms with Crippen LogP contribution in [0.1, 0.15) is 57.4 Å². The molecular weight excluding hydrogens is 647 g/mol. The molecule has 1 atom stereocenters. The highest BCUT2D eigenvalue weighted by atomic mass is 32.1. The van der Waals surface area contributed by atoms with Crippen molar-refractivity contribution in [1.82, 2.24) is 4.57 Å². The van der Waals surface area contributed by atoms with Crippen LogP contribution < -0.4 is 34.4 Å². The molecule has 0 fully saturated rings. The van der Waals surface area contributed by atoms with Crippen LogP contribution in [0.25, 0.3) is 6.08 Å². The van der Waals surface area contributed by atoms with Gasteiger partial charge in [-0.05, 0) is 78.4 Å². The van der Waals surface area contributed by atoms with Crippen LogP contribution in [0.5, 0.6) is 17.2 Å². The van der Waals surface area contributed by atoms with E-state index >= 15 is 0 Å². The van der Waals surface area contributed by atoms with Crippen molar-refractivity contribution in [3.63, 3.8) is 0 Å². The lowest BCUT2D eigenvalue weighted by molar-refractivity contribution is -0.113. The number of nitrogens with one attached hydrogen (secondary N) is 1. The summed E-state index contributed by atoms with van der Waals surface area (Å²) in [7, 11) is 0. The number of allylic oxidation sites excluding steroid dienone is 1. The Morgan fingerprint density at radius 3 is 2.24 bits per heavy atom. The minimum Gasteiger partial charge on any atom is -0.490 e. The van der Waals surface area contributed by atoms with Crippen LogP contribution in [0.15, 0.2) is 124 Å². The van der Waals surface area contributed by atoms with Crippen LogP contribution in [0.2, 0.25) is 0 Å². The molecule has 0 bridgehead atoms. The van der Waals surface area contributed by atoms with Gasteiger partial charge in [0.15, 0.2) is 16.3 Å². The molecule has 2 heterocycles. The molecule has 0 saturated heterocycles. The molecule has 50 heavy (non-hydrogen) atoms. The molecule has 0 aliphatic carbocycles. The topological polar surface area (TPSA) is 91.2 Å². The van der Waals surface area contributed by atoms with Gasteiger partial charge in [-0.3, -0.25) is 14.2 Å². The first kappa shape index (κ1) is 34.5. The Bertz CT molecular complexity index is 2180. The highest BCUT2D eigenvalue weighted by Crippen LogP contribution is 2.32. The number of aromatic nitrogens is 1. The number of carbonyl (C=O) groups excluding carboxylic acids is 1. The van der Waals surface area contributed by atoms with Crippen molar-refractivity contribution in [2.75, 3.05) is 25.1 Å². The van der Waals surface area contributed by atoms with Gasteiger partial charge in [0.05, 0.1) is 28.5 Å². The lowest BCUT2D eigenvalue weighted by atomic mass is 9.87. The van der Waals surface area contributed by atoms with Crippen LogP contribution in [-0.2, 0) is 10.2 Å². The number of benzene rings is 4. The second-order valence-corrected chi connectivity index (χ2v) is 13.9. The summed E-state index contributed by atoms with van der Waals surface area (Å²) < 4.78 is 20.0. The van der Waals surface area contributed by atoms with Gasteiger partial charge in [-0.2, -0.15) is 0 Å². The average molecular weight is 688 g/mol. The Morgan fingerprint density at radius 2 is 1.56 bits per heavy atom. The van der Waals surface area contributed by atoms with Gasteiger partial charge in [-0.1, -0.05) is 98.8 Å². The van der Waals surface area contributed by atoms with E-state index in [1.165, 1.54) is 16.9 Å². The highest BCUT2D eigenvalue weighted by Gasteiger charge is 2.32. The van der Waals surface area contributed by atoms with Gasteiger partial charge in [0.2, 0.25) is 0 Å². The zero-order chi connectivity index (χ0) is 35.3. The van der Waals surface area contributed by atoms with Gasteiger partial charge in [-0.15, -0.1) is 0 Å². The van der Waals surface area contributed by atoms with E-state index in [0.717, 1.165) is 16.9 Å². The van der Waals surface area contributed by atoms with Gasteiger partial charge in [0.1, 0.15) is 19.0 Å². The Labute approximate surface area is 296 Å². The van der Waals surface area contributed by atoms with Crippen molar-refractivity contribution in [3.05, 3.63) is 151 Å². The van der Waals surface area contributed by atoms with Crippen molar-refractivity contribution < 1.29 is 19.0 Å². The maximum absolute atomic E-state index is 14.1. The maximum atomic E-state index is 14.1. The van der Waals surface area contributed by atoms with Crippen LogP contribution in [0, 0.1) is 0 Å². The van der Waals surface area contributed by atoms with Crippen LogP contribution in [0.4, 0.5) is 5.69 Å². The highest BCUT2D eigenvalue weighted by molar-refractivity contribution is 7.07. The maximum Gasteiger partial charge on any atom is 0.271 e. The zero-order valence-electron chi connectivity index (χ0n) is 28.9. The van der Waals surface area contributed by atoms with Crippen LogP contribution in [0.3, 0.4) is 0 Å². The number of hydrogen-bond donors (Lipinski definition) is 1. The van der Waals surface area contributed by atoms with Gasteiger partial charge in [0, 0.05) is 5.69 Å². The van der Waals surface area contributed by atoms with Crippen LogP contribution >= 0.6 is 11.3 Å². The third kappa shape index (κ3) is 7.74. The number of amides is 1. The molecular formula is C41H41N3O5S. The lowest BCUT2D eigenvalue weighted by Crippen LogP contribution is -2.40. The molecule has 5 aromatic rings. The molecule has 8 nitrogen and oxygen atoms in total. The predicted octanol–water partition coefficient (Wildman–Crippen LogP) is 7.03. The minimum atomic E-state index is -0.647. The Morgan fingerprint density at radius 1 is 0.880 bits per heavy atom. The molecule has 1 N–H and O–H groups in total. The van der Waals surface area contributed by atoms with E-state index in [-0.39, 0.29) is 16.9 Å². The third-order valence-electron chi connectivity index (χ3n) is 8.31. The molecule has 256 valence electrons. The SMILES string of the molecule is CCOc1cc(/C=c2\sc3n(c2=O)[C@H](c2ccccc2)C(C(=O)Nc2ccccc2)=C(C)N=3)ccc1OCCOc1ccc(C(C)(C)C)cc1. The van der Waals surface area contributed by atoms with Gasteiger partial charge in [-0.25, -0.2) is 4.99 Å². The summed E-state index contributed by atoms with van der Waals surface area (Å²) in [5, 5.41) is 2.99. The average Bonchev–Trinajstić information content (AvgIpc) is 3.41. The normalized spacial score (nSPS) is 14.5. The van der Waals surface area contributed by atoms with Gasteiger partial charge in [0.25, 0.3) is 11.5 Å². The molecule has 1 amide bonds. The number of ether oxygens (including phenoxy) is 3. The van der Waals surface area contributed by atoms with E-state index in [1.807, 2.05) is 111 Å². The van der Waals surface area contributed by atoms with E-state index < -0.39 is 6.04 Å². The fraction of sp³-hybridized carbons (Fsp3) is 0.244. The first-order valence-electron chi connectivity index (χ1n) is 16.7. The van der Waals surface area contributed by atoms with Crippen LogP contribution in [-0.4, -0.2) is 30.3 Å². The molecule has 9 heteroatoms. The number of carbonyl (C=O) groups is 1. The summed E-state index contributed by atoms with van der Waals surface area (Å²) in [4.78, 5) is 33.2. The Hall–Kier alpha value is -5.41. The Balaban J connectivity index is 1.25. The number of fused-ring (bicyclic) bond motifs is 1. The van der Waals surface area contributed by atoms with E-state index in [0.29, 0.717) is 57.6 Å². The van der Waals surface area contributed by atoms with Gasteiger partial charge < -0.3 is 19.5 Å². The number of thiazole rings is 1. The van der Waals surface area contributed by atoms with E-state index in [4.69, 9.17) is 19.2 Å². The second-order valence-electron chi connectivity index (χ2n) is 12.9. The minimum absolute atomic E-state index is 0.0817. The number of rotatable bonds is 11. The molecule has 6 rings (SSSR count). The van der Waals surface area contributed by atoms with Crippen molar-refractivity contribution >= 4 is 29.0 Å². The molecule has 0 saturated carbocycles. The quantitative estimate of drug-likeness (QED) is 0.151. The summed E-state index contributed by atoms with van der Waals surface area (Å²) in [6, 6.07) is 31.9. The van der Waals surface area contributed by atoms with Crippen molar-refractivity contribution in [2.24, 2.45) is 4.99 Å². The van der Waals surface area contributed by atoms with Gasteiger partial charge >= 0.3 is 0 Å². The second kappa shape index (κ2) is 15.0. The van der Waals surface area contributed by atoms with E-state index in [9.17, 15) is 9.59 Å². The fourth-order valence-electron chi connectivity index (χ4n) is 5.80. The van der Waals surface area contributed by atoms with Crippen molar-refractivity contribution in [2.45, 2.75) is 46.1 Å². The fourth-order valence-corrected chi connectivity index (χ4v) is 6.84. The van der Waals surface area contributed by atoms with E-state index in [2.05, 4.69) is 38.2 Å². The summed E-state index contributed by atoms with van der Waals surface area (Å²) in [6.07, 6.45) is 1.82.